The number of aromatic nitrogens is 2. The second-order valence-corrected chi connectivity index (χ2v) is 7.78. The summed E-state index contributed by atoms with van der Waals surface area (Å²) in [4.78, 5) is 32.9. The van der Waals surface area contributed by atoms with Crippen molar-refractivity contribution in [2.75, 3.05) is 39.5 Å². The number of anilines is 1. The molecule has 4 rings (SSSR count). The first-order valence-electron chi connectivity index (χ1n) is 9.22. The van der Waals surface area contributed by atoms with Crippen LogP contribution in [-0.4, -0.2) is 70.5 Å². The Morgan fingerprint density at radius 1 is 1.41 bits per heavy atom. The van der Waals surface area contributed by atoms with Crippen LogP contribution >= 0.6 is 11.6 Å². The van der Waals surface area contributed by atoms with Crippen LogP contribution in [0.5, 0.6) is 0 Å². The summed E-state index contributed by atoms with van der Waals surface area (Å²) in [5.41, 5.74) is 8.44. The van der Waals surface area contributed by atoms with E-state index in [0.29, 0.717) is 23.8 Å². The van der Waals surface area contributed by atoms with Gasteiger partial charge in [0.25, 0.3) is 0 Å². The molecule has 3 heterocycles. The lowest BCUT2D eigenvalue weighted by atomic mass is 10.1. The second kappa shape index (κ2) is 8.67. The maximum absolute atomic E-state index is 11.3. The average molecular weight is 418 g/mol. The number of halogens is 1. The molecule has 3 aromatic rings. The number of nitrogens with two attached hydrogens (primary N) is 1. The predicted octanol–water partition coefficient (Wildman–Crippen LogP) is 2.43. The van der Waals surface area contributed by atoms with Crippen LogP contribution in [0.25, 0.3) is 21.8 Å². The number of aromatic amines is 1. The van der Waals surface area contributed by atoms with Crippen molar-refractivity contribution in [3.63, 3.8) is 0 Å². The third-order valence-electron chi connectivity index (χ3n) is 4.89. The van der Waals surface area contributed by atoms with E-state index < -0.39 is 11.9 Å². The van der Waals surface area contributed by atoms with Crippen LogP contribution in [0.15, 0.2) is 30.6 Å². The molecule has 4 N–H and O–H groups in total. The minimum atomic E-state index is -0.870. The molecule has 0 saturated carbocycles. The van der Waals surface area contributed by atoms with Crippen molar-refractivity contribution in [2.45, 2.75) is 6.42 Å². The van der Waals surface area contributed by atoms with Crippen molar-refractivity contribution in [1.29, 1.82) is 0 Å². The largest absolute Gasteiger partial charge is 0.481 e. The van der Waals surface area contributed by atoms with E-state index in [-0.39, 0.29) is 12.3 Å². The number of rotatable bonds is 4. The first-order valence-corrected chi connectivity index (χ1v) is 9.59. The molecule has 1 atom stereocenters. The molecule has 1 fully saturated rings. The highest BCUT2D eigenvalue weighted by molar-refractivity contribution is 6.32. The van der Waals surface area contributed by atoms with Crippen LogP contribution in [0.3, 0.4) is 0 Å². The number of carbonyl (C=O) groups excluding carboxylic acids is 1. The normalized spacial score (nSPS) is 16.5. The molecule has 29 heavy (non-hydrogen) atoms. The lowest BCUT2D eigenvalue weighted by Crippen LogP contribution is -2.33. The number of carboxylic acid groups (broad SMARTS) is 1. The van der Waals surface area contributed by atoms with Crippen LogP contribution in [0.4, 0.5) is 5.69 Å². The fraction of sp³-hybridized carbons (Fsp3) is 0.350. The molecule has 1 amide bonds. The first-order chi connectivity index (χ1) is 13.8. The zero-order valence-corrected chi connectivity index (χ0v) is 17.1. The van der Waals surface area contributed by atoms with Gasteiger partial charge in [0.05, 0.1) is 28.8 Å². The van der Waals surface area contributed by atoms with Crippen LogP contribution in [0.1, 0.15) is 6.42 Å². The van der Waals surface area contributed by atoms with Gasteiger partial charge in [-0.1, -0.05) is 11.6 Å². The molecular weight excluding hydrogens is 394 g/mol. The monoisotopic (exact) mass is 417 g/mol. The van der Waals surface area contributed by atoms with Crippen LogP contribution in [0, 0.1) is 5.92 Å². The third kappa shape index (κ3) is 4.78. The van der Waals surface area contributed by atoms with Crippen molar-refractivity contribution >= 4 is 51.0 Å². The molecule has 1 aromatic carbocycles. The van der Waals surface area contributed by atoms with Crippen LogP contribution in [0.2, 0.25) is 5.02 Å². The zero-order chi connectivity index (χ0) is 21.1. The Bertz CT molecular complexity index is 1050. The van der Waals surface area contributed by atoms with Gasteiger partial charge in [0, 0.05) is 48.0 Å². The first kappa shape index (κ1) is 20.9. The molecule has 1 saturated heterocycles. The maximum Gasteiger partial charge on any atom is 0.308 e. The standard InChI is InChI=1S/C11H8ClN3.C9H16N2O3/c12-6-3-8-7-1-2-14-5-10(7)15-11(8)9(13)4-6;1-10(2)3-4-11-6-7(9(13)14)5-8(11)12/h1-5,15H,13H2;7H,3-6H2,1-2H3,(H,13,14). The van der Waals surface area contributed by atoms with Crippen molar-refractivity contribution in [2.24, 2.45) is 5.92 Å². The highest BCUT2D eigenvalue weighted by Crippen LogP contribution is 2.31. The fourth-order valence-corrected chi connectivity index (χ4v) is 3.54. The molecule has 1 unspecified atom stereocenters. The Labute approximate surface area is 173 Å². The number of nitrogen functional groups attached to an aromatic ring is 1. The van der Waals surface area contributed by atoms with Gasteiger partial charge in [-0.2, -0.15) is 0 Å². The second-order valence-electron chi connectivity index (χ2n) is 7.35. The lowest BCUT2D eigenvalue weighted by molar-refractivity contribution is -0.141. The quantitative estimate of drug-likeness (QED) is 0.561. The molecule has 1 aliphatic heterocycles. The lowest BCUT2D eigenvalue weighted by Gasteiger charge is -2.18. The maximum atomic E-state index is 11.3. The number of aliphatic carboxylic acids is 1. The van der Waals surface area contributed by atoms with Crippen LogP contribution < -0.4 is 5.73 Å². The number of fused-ring (bicyclic) bond motifs is 3. The Hall–Kier alpha value is -2.84. The molecule has 8 nitrogen and oxygen atoms in total. The highest BCUT2D eigenvalue weighted by Gasteiger charge is 2.33. The van der Waals surface area contributed by atoms with Crippen molar-refractivity contribution in [3.05, 3.63) is 35.6 Å². The Morgan fingerprint density at radius 2 is 2.17 bits per heavy atom. The van der Waals surface area contributed by atoms with Crippen molar-refractivity contribution in [1.82, 2.24) is 19.8 Å². The molecular formula is C20H24ClN5O3. The average Bonchev–Trinajstić information content (AvgIpc) is 3.22. The number of carboxylic acids is 1. The predicted molar refractivity (Wildman–Crippen MR) is 114 cm³/mol. The van der Waals surface area contributed by atoms with Crippen LogP contribution in [-0.2, 0) is 9.59 Å². The summed E-state index contributed by atoms with van der Waals surface area (Å²) in [6.07, 6.45) is 3.69. The SMILES string of the molecule is CN(C)CCN1CC(C(=O)O)CC1=O.Nc1cc(Cl)cc2c1[nH]c1cnccc12. The van der Waals surface area contributed by atoms with E-state index >= 15 is 0 Å². The molecule has 1 aliphatic rings. The van der Waals surface area contributed by atoms with Crippen molar-refractivity contribution < 1.29 is 14.7 Å². The van der Waals surface area contributed by atoms with Gasteiger partial charge >= 0.3 is 5.97 Å². The number of benzene rings is 1. The molecule has 0 spiro atoms. The molecule has 0 aliphatic carbocycles. The number of hydrogen-bond donors (Lipinski definition) is 3. The summed E-state index contributed by atoms with van der Waals surface area (Å²) in [6, 6.07) is 5.60. The summed E-state index contributed by atoms with van der Waals surface area (Å²) in [7, 11) is 3.85. The van der Waals surface area contributed by atoms with Gasteiger partial charge in [-0.25, -0.2) is 0 Å². The minimum Gasteiger partial charge on any atom is -0.481 e. The number of hydrogen-bond acceptors (Lipinski definition) is 5. The number of carbonyl (C=O) groups is 2. The number of nitrogens with one attached hydrogen (secondary N) is 1. The summed E-state index contributed by atoms with van der Waals surface area (Å²) in [5, 5.41) is 11.5. The molecule has 154 valence electrons. The van der Waals surface area contributed by atoms with Gasteiger partial charge in [-0.15, -0.1) is 0 Å². The van der Waals surface area contributed by atoms with Gasteiger partial charge in [0.15, 0.2) is 0 Å². The van der Waals surface area contributed by atoms with Crippen molar-refractivity contribution in [3.8, 4) is 0 Å². The summed E-state index contributed by atoms with van der Waals surface area (Å²) in [5.74, 6) is -1.42. The van der Waals surface area contributed by atoms with Gasteiger partial charge < -0.3 is 25.6 Å². The number of H-pyrrole nitrogens is 1. The van der Waals surface area contributed by atoms with Gasteiger partial charge in [0.1, 0.15) is 0 Å². The molecule has 0 radical (unpaired) electrons. The summed E-state index contributed by atoms with van der Waals surface area (Å²) >= 11 is 5.97. The van der Waals surface area contributed by atoms with E-state index in [2.05, 4.69) is 9.97 Å². The smallest absolute Gasteiger partial charge is 0.308 e. The number of pyridine rings is 1. The van der Waals surface area contributed by atoms with E-state index in [1.165, 1.54) is 0 Å². The number of likely N-dealkylation sites (N-methyl/N-ethyl adjacent to an activating group) is 1. The fourth-order valence-electron chi connectivity index (χ4n) is 3.32. The van der Waals surface area contributed by atoms with E-state index in [0.717, 1.165) is 28.4 Å². The highest BCUT2D eigenvalue weighted by atomic mass is 35.5. The molecule has 2 aromatic heterocycles. The Balaban J connectivity index is 0.000000166. The summed E-state index contributed by atoms with van der Waals surface area (Å²) < 4.78 is 0. The van der Waals surface area contributed by atoms with Gasteiger partial charge in [-0.05, 0) is 32.3 Å². The Kier molecular flexibility index (Phi) is 6.24. The third-order valence-corrected chi connectivity index (χ3v) is 5.10. The number of amides is 1. The van der Waals surface area contributed by atoms with E-state index in [1.807, 2.05) is 31.1 Å². The van der Waals surface area contributed by atoms with E-state index in [9.17, 15) is 9.59 Å². The Morgan fingerprint density at radius 3 is 2.83 bits per heavy atom. The topological polar surface area (TPSA) is 116 Å². The number of nitrogens with zero attached hydrogens (tertiary/aromatic N) is 3. The summed E-state index contributed by atoms with van der Waals surface area (Å²) in [6.45, 7) is 1.76. The van der Waals surface area contributed by atoms with E-state index in [4.69, 9.17) is 22.4 Å². The van der Waals surface area contributed by atoms with Gasteiger partial charge in [0.2, 0.25) is 5.91 Å². The zero-order valence-electron chi connectivity index (χ0n) is 16.4. The van der Waals surface area contributed by atoms with E-state index in [1.54, 1.807) is 23.4 Å². The molecule has 0 bridgehead atoms. The molecule has 9 heteroatoms. The minimum absolute atomic E-state index is 0.0424. The van der Waals surface area contributed by atoms with Gasteiger partial charge in [-0.3, -0.25) is 14.6 Å². The number of likely N-dealkylation sites (tertiary alicyclic amines) is 1.